The Morgan fingerprint density at radius 1 is 1.25 bits per heavy atom. The average Bonchev–Trinajstić information content (AvgIpc) is 2.86. The highest BCUT2D eigenvalue weighted by atomic mass is 16.3. The van der Waals surface area contributed by atoms with Gasteiger partial charge in [0.1, 0.15) is 0 Å². The van der Waals surface area contributed by atoms with E-state index in [1.807, 2.05) is 0 Å². The molecule has 1 rings (SSSR count). The van der Waals surface area contributed by atoms with E-state index in [9.17, 15) is 0 Å². The highest BCUT2D eigenvalue weighted by Crippen LogP contribution is 2.26. The summed E-state index contributed by atoms with van der Waals surface area (Å²) in [5, 5.41) is 8.80. The van der Waals surface area contributed by atoms with Gasteiger partial charge in [0, 0.05) is 12.6 Å². The SMILES string of the molecule is NCCCCN(CCO)C1CC1. The van der Waals surface area contributed by atoms with Gasteiger partial charge >= 0.3 is 0 Å². The minimum atomic E-state index is 0.291. The van der Waals surface area contributed by atoms with Gasteiger partial charge in [0.05, 0.1) is 6.61 Å². The first-order valence-electron chi connectivity index (χ1n) is 4.93. The van der Waals surface area contributed by atoms with Crippen molar-refractivity contribution >= 4 is 0 Å². The smallest absolute Gasteiger partial charge is 0.0558 e. The molecule has 0 atom stereocenters. The fourth-order valence-electron chi connectivity index (χ4n) is 1.50. The molecule has 1 aliphatic rings. The van der Waals surface area contributed by atoms with Crippen LogP contribution < -0.4 is 5.73 Å². The average molecular weight is 172 g/mol. The fraction of sp³-hybridized carbons (Fsp3) is 1.00. The van der Waals surface area contributed by atoms with E-state index in [-0.39, 0.29) is 0 Å². The van der Waals surface area contributed by atoms with Crippen molar-refractivity contribution < 1.29 is 5.11 Å². The molecule has 0 aromatic carbocycles. The Balaban J connectivity index is 2.05. The van der Waals surface area contributed by atoms with Crippen LogP contribution in [0.25, 0.3) is 0 Å². The lowest BCUT2D eigenvalue weighted by Crippen LogP contribution is -2.30. The zero-order valence-corrected chi connectivity index (χ0v) is 7.71. The predicted molar refractivity (Wildman–Crippen MR) is 50.0 cm³/mol. The van der Waals surface area contributed by atoms with E-state index in [4.69, 9.17) is 10.8 Å². The Bertz CT molecular complexity index is 115. The molecule has 0 heterocycles. The topological polar surface area (TPSA) is 49.5 Å². The van der Waals surface area contributed by atoms with Gasteiger partial charge in [-0.15, -0.1) is 0 Å². The molecular formula is C9H20N2O. The lowest BCUT2D eigenvalue weighted by molar-refractivity contribution is 0.187. The molecule has 0 bridgehead atoms. The first-order valence-corrected chi connectivity index (χ1v) is 4.93. The summed E-state index contributed by atoms with van der Waals surface area (Å²) in [6.45, 7) is 3.04. The van der Waals surface area contributed by atoms with Gasteiger partial charge in [0.2, 0.25) is 0 Å². The molecule has 1 aliphatic carbocycles. The molecule has 0 aliphatic heterocycles. The molecule has 72 valence electrons. The van der Waals surface area contributed by atoms with E-state index >= 15 is 0 Å². The van der Waals surface area contributed by atoms with Gasteiger partial charge in [-0.3, -0.25) is 4.90 Å². The lowest BCUT2D eigenvalue weighted by atomic mass is 10.3. The third-order valence-corrected chi connectivity index (χ3v) is 2.35. The van der Waals surface area contributed by atoms with Gasteiger partial charge in [-0.2, -0.15) is 0 Å². The highest BCUT2D eigenvalue weighted by molar-refractivity contribution is 4.84. The number of nitrogens with two attached hydrogens (primary N) is 1. The molecular weight excluding hydrogens is 152 g/mol. The second-order valence-electron chi connectivity index (χ2n) is 3.49. The maximum absolute atomic E-state index is 8.80. The summed E-state index contributed by atoms with van der Waals surface area (Å²) in [5.74, 6) is 0. The van der Waals surface area contributed by atoms with Crippen LogP contribution in [-0.4, -0.2) is 42.3 Å². The summed E-state index contributed by atoms with van der Waals surface area (Å²) < 4.78 is 0. The second-order valence-corrected chi connectivity index (χ2v) is 3.49. The van der Waals surface area contributed by atoms with Crippen molar-refractivity contribution in [2.75, 3.05) is 26.2 Å². The van der Waals surface area contributed by atoms with Crippen LogP contribution in [0.15, 0.2) is 0 Å². The van der Waals surface area contributed by atoms with Crippen molar-refractivity contribution in [2.45, 2.75) is 31.7 Å². The normalized spacial score (nSPS) is 17.2. The maximum Gasteiger partial charge on any atom is 0.0558 e. The monoisotopic (exact) mass is 172 g/mol. The Morgan fingerprint density at radius 3 is 2.50 bits per heavy atom. The third-order valence-electron chi connectivity index (χ3n) is 2.35. The van der Waals surface area contributed by atoms with Crippen molar-refractivity contribution in [3.05, 3.63) is 0 Å². The van der Waals surface area contributed by atoms with E-state index in [2.05, 4.69) is 4.90 Å². The Kier molecular flexibility index (Phi) is 4.58. The third kappa shape index (κ3) is 3.52. The van der Waals surface area contributed by atoms with E-state index in [0.29, 0.717) is 6.61 Å². The van der Waals surface area contributed by atoms with Crippen LogP contribution >= 0.6 is 0 Å². The number of unbranched alkanes of at least 4 members (excludes halogenated alkanes) is 1. The first kappa shape index (κ1) is 9.96. The summed E-state index contributed by atoms with van der Waals surface area (Å²) in [5.41, 5.74) is 5.41. The molecule has 0 aromatic heterocycles. The number of hydrogen-bond donors (Lipinski definition) is 2. The highest BCUT2D eigenvalue weighted by Gasteiger charge is 2.27. The minimum absolute atomic E-state index is 0.291. The van der Waals surface area contributed by atoms with Crippen LogP contribution in [0.2, 0.25) is 0 Å². The van der Waals surface area contributed by atoms with Crippen LogP contribution in [-0.2, 0) is 0 Å². The summed E-state index contributed by atoms with van der Waals surface area (Å²) >= 11 is 0. The fourth-order valence-corrected chi connectivity index (χ4v) is 1.50. The Labute approximate surface area is 74.5 Å². The van der Waals surface area contributed by atoms with Gasteiger partial charge in [-0.25, -0.2) is 0 Å². The summed E-state index contributed by atoms with van der Waals surface area (Å²) in [6.07, 6.45) is 4.92. The van der Waals surface area contributed by atoms with Gasteiger partial charge in [0.15, 0.2) is 0 Å². The van der Waals surface area contributed by atoms with E-state index < -0.39 is 0 Å². The predicted octanol–water partition coefficient (Wildman–Crippen LogP) is 0.182. The number of aliphatic hydroxyl groups excluding tert-OH is 1. The molecule has 0 amide bonds. The van der Waals surface area contributed by atoms with Crippen molar-refractivity contribution in [1.82, 2.24) is 4.90 Å². The number of hydrogen-bond acceptors (Lipinski definition) is 3. The summed E-state index contributed by atoms with van der Waals surface area (Å²) in [4.78, 5) is 2.38. The molecule has 0 unspecified atom stereocenters. The quantitative estimate of drug-likeness (QED) is 0.539. The standard InChI is InChI=1S/C9H20N2O/c10-5-1-2-6-11(7-8-12)9-3-4-9/h9,12H,1-8,10H2. The number of rotatable bonds is 7. The van der Waals surface area contributed by atoms with Crippen molar-refractivity contribution in [1.29, 1.82) is 0 Å². The van der Waals surface area contributed by atoms with Crippen molar-refractivity contribution in [2.24, 2.45) is 5.73 Å². The van der Waals surface area contributed by atoms with Gasteiger partial charge in [0.25, 0.3) is 0 Å². The van der Waals surface area contributed by atoms with Crippen LogP contribution in [0.3, 0.4) is 0 Å². The number of nitrogens with zero attached hydrogens (tertiary/aromatic N) is 1. The molecule has 0 spiro atoms. The second kappa shape index (κ2) is 5.51. The van der Waals surface area contributed by atoms with Crippen LogP contribution in [0.1, 0.15) is 25.7 Å². The Morgan fingerprint density at radius 2 is 2.00 bits per heavy atom. The van der Waals surface area contributed by atoms with Crippen LogP contribution in [0.5, 0.6) is 0 Å². The molecule has 3 N–H and O–H groups in total. The van der Waals surface area contributed by atoms with Crippen LogP contribution in [0, 0.1) is 0 Å². The molecule has 3 nitrogen and oxygen atoms in total. The van der Waals surface area contributed by atoms with Crippen LogP contribution in [0.4, 0.5) is 0 Å². The zero-order chi connectivity index (χ0) is 8.81. The molecule has 1 fully saturated rings. The van der Waals surface area contributed by atoms with Gasteiger partial charge in [-0.05, 0) is 38.8 Å². The molecule has 0 aromatic rings. The van der Waals surface area contributed by atoms with E-state index in [1.54, 1.807) is 0 Å². The maximum atomic E-state index is 8.80. The minimum Gasteiger partial charge on any atom is -0.395 e. The van der Waals surface area contributed by atoms with Gasteiger partial charge in [-0.1, -0.05) is 0 Å². The number of aliphatic hydroxyl groups is 1. The van der Waals surface area contributed by atoms with Crippen molar-refractivity contribution in [3.8, 4) is 0 Å². The molecule has 0 saturated heterocycles. The summed E-state index contributed by atoms with van der Waals surface area (Å²) in [7, 11) is 0. The first-order chi connectivity index (χ1) is 5.88. The van der Waals surface area contributed by atoms with E-state index in [0.717, 1.165) is 32.1 Å². The Hall–Kier alpha value is -0.120. The summed E-state index contributed by atoms with van der Waals surface area (Å²) in [6, 6.07) is 0.773. The van der Waals surface area contributed by atoms with Crippen molar-refractivity contribution in [3.63, 3.8) is 0 Å². The molecule has 0 radical (unpaired) electrons. The largest absolute Gasteiger partial charge is 0.395 e. The molecule has 3 heteroatoms. The molecule has 1 saturated carbocycles. The zero-order valence-electron chi connectivity index (χ0n) is 7.71. The van der Waals surface area contributed by atoms with E-state index in [1.165, 1.54) is 19.3 Å². The molecule has 12 heavy (non-hydrogen) atoms. The van der Waals surface area contributed by atoms with Gasteiger partial charge < -0.3 is 10.8 Å². The lowest BCUT2D eigenvalue weighted by Gasteiger charge is -2.20.